The first-order valence-corrected chi connectivity index (χ1v) is 1.66. The first-order chi connectivity index (χ1) is 3.68. The molecule has 0 aromatic carbocycles. The molecule has 0 aliphatic rings. The van der Waals surface area contributed by atoms with Crippen LogP contribution in [0.15, 0.2) is 0 Å². The second kappa shape index (κ2) is 3.13. The van der Waals surface area contributed by atoms with Crippen molar-refractivity contribution in [3.05, 3.63) is 10.1 Å². The van der Waals surface area contributed by atoms with Crippen LogP contribution in [-0.2, 0) is 4.84 Å². The van der Waals surface area contributed by atoms with Crippen molar-refractivity contribution in [3.8, 4) is 0 Å². The van der Waals surface area contributed by atoms with Crippen molar-refractivity contribution in [2.45, 2.75) is 0 Å². The smallest absolute Gasteiger partial charge is 0.195 e. The number of nitrogens with one attached hydrogen (secondary N) is 1. The molecule has 0 spiro atoms. The number of hydrogen-bond donors (Lipinski definition) is 2. The highest BCUT2D eigenvalue weighted by molar-refractivity contribution is 3.98. The van der Waals surface area contributed by atoms with Crippen molar-refractivity contribution >= 4 is 0 Å². The molecule has 0 saturated carbocycles. The Morgan fingerprint density at radius 2 is 2.50 bits per heavy atom. The zero-order chi connectivity index (χ0) is 6.57. The molecule has 0 aromatic heterocycles. The molecule has 0 aromatic rings. The summed E-state index contributed by atoms with van der Waals surface area (Å²) in [6, 6.07) is 0. The minimum absolute atomic E-state index is 0.0972. The van der Waals surface area contributed by atoms with Crippen molar-refractivity contribution in [3.63, 3.8) is 0 Å². The number of nitro groups is 1. The topological polar surface area (TPSA) is 93.7 Å². The predicted molar refractivity (Wildman–Crippen MR) is 23.2 cm³/mol. The van der Waals surface area contributed by atoms with E-state index in [9.17, 15) is 10.1 Å². The predicted octanol–water partition coefficient (Wildman–Crippen LogP) is -1.58. The van der Waals surface area contributed by atoms with E-state index in [0.717, 1.165) is 0 Å². The average Bonchev–Trinajstić information content (AvgIpc) is 1.67. The zero-order valence-corrected chi connectivity index (χ0v) is 4.20. The lowest BCUT2D eigenvalue weighted by molar-refractivity contribution is -0.687. The summed E-state index contributed by atoms with van der Waals surface area (Å²) in [6.45, 7) is 0. The first kappa shape index (κ1) is 7.08. The molecule has 0 amide bonds. The van der Waals surface area contributed by atoms with Gasteiger partial charge in [0, 0.05) is 5.23 Å². The lowest BCUT2D eigenvalue weighted by Gasteiger charge is -2.03. The number of nitrogens with zero attached hydrogens (tertiary/aromatic N) is 2. The first-order valence-electron chi connectivity index (χ1n) is 1.66. The van der Waals surface area contributed by atoms with Gasteiger partial charge in [-0.15, -0.1) is 0 Å². The number of rotatable bonds is 3. The van der Waals surface area contributed by atoms with Crippen LogP contribution in [0, 0.1) is 10.1 Å². The summed E-state index contributed by atoms with van der Waals surface area (Å²) >= 11 is 0. The molecule has 48 valence electrons. The molecule has 0 aliphatic carbocycles. The minimum Gasteiger partial charge on any atom is -0.280 e. The second-order valence-corrected chi connectivity index (χ2v) is 0.878. The monoisotopic (exact) mass is 122 g/mol. The van der Waals surface area contributed by atoms with E-state index in [1.54, 1.807) is 5.59 Å². The van der Waals surface area contributed by atoms with Gasteiger partial charge in [0.25, 0.3) is 0 Å². The highest BCUT2D eigenvalue weighted by Crippen LogP contribution is 1.66. The van der Waals surface area contributed by atoms with Crippen LogP contribution in [0.25, 0.3) is 0 Å². The van der Waals surface area contributed by atoms with Crippen LogP contribution in [0.1, 0.15) is 0 Å². The maximum Gasteiger partial charge on any atom is 0.195 e. The highest BCUT2D eigenvalue weighted by Gasteiger charge is 2.03. The van der Waals surface area contributed by atoms with Crippen LogP contribution in [0.2, 0.25) is 0 Å². The van der Waals surface area contributed by atoms with Gasteiger partial charge in [-0.3, -0.25) is 4.84 Å². The fourth-order valence-electron chi connectivity index (χ4n) is 0.127. The normalized spacial score (nSPS) is 8.75. The van der Waals surface area contributed by atoms with E-state index in [1.165, 1.54) is 7.11 Å². The molecule has 7 heteroatoms. The van der Waals surface area contributed by atoms with Gasteiger partial charge in [-0.1, -0.05) is 0 Å². The van der Waals surface area contributed by atoms with Gasteiger partial charge in [-0.05, 0) is 5.59 Å². The standard InChI is InChI=1S/CH6N4O3/c1-8-3-4(2)5(6)7/h3H,2H2,1H3. The SMILES string of the molecule is CONN(N)[N+](=O)[O-]. The third-order valence-corrected chi connectivity index (χ3v) is 0.361. The van der Waals surface area contributed by atoms with Crippen LogP contribution in [0.3, 0.4) is 0 Å². The molecule has 0 aliphatic heterocycles. The van der Waals surface area contributed by atoms with Crippen LogP contribution < -0.4 is 11.4 Å². The van der Waals surface area contributed by atoms with Crippen LogP contribution in [0.5, 0.6) is 0 Å². The maximum absolute atomic E-state index is 9.55. The van der Waals surface area contributed by atoms with Gasteiger partial charge in [-0.2, -0.15) is 5.84 Å². The van der Waals surface area contributed by atoms with E-state index in [0.29, 0.717) is 0 Å². The second-order valence-electron chi connectivity index (χ2n) is 0.878. The molecule has 8 heavy (non-hydrogen) atoms. The molecule has 3 N–H and O–H groups in total. The summed E-state index contributed by atoms with van der Waals surface area (Å²) in [5.74, 6) is 4.63. The summed E-state index contributed by atoms with van der Waals surface area (Å²) in [4.78, 5) is 13.6. The Labute approximate surface area is 45.0 Å². The average molecular weight is 122 g/mol. The van der Waals surface area contributed by atoms with Crippen molar-refractivity contribution in [2.75, 3.05) is 7.11 Å². The fourth-order valence-corrected chi connectivity index (χ4v) is 0.127. The van der Waals surface area contributed by atoms with Crippen molar-refractivity contribution < 1.29 is 9.87 Å². The molecular formula is CH6N4O3. The number of nitrogens with two attached hydrogens (primary N) is 1. The largest absolute Gasteiger partial charge is 0.280 e. The molecule has 0 radical (unpaired) electrons. The van der Waals surface area contributed by atoms with Gasteiger partial charge >= 0.3 is 0 Å². The Morgan fingerprint density at radius 1 is 2.00 bits per heavy atom. The Hall–Kier alpha value is -0.920. The molecule has 0 rings (SSSR count). The minimum atomic E-state index is -0.872. The highest BCUT2D eigenvalue weighted by atomic mass is 16.8. The molecular weight excluding hydrogens is 116 g/mol. The number of hydrogen-bond acceptors (Lipinski definition) is 5. The molecule has 0 fully saturated rings. The van der Waals surface area contributed by atoms with E-state index in [1.807, 2.05) is 0 Å². The zero-order valence-electron chi connectivity index (χ0n) is 4.20. The summed E-state index contributed by atoms with van der Waals surface area (Å²) in [5, 5.41) is 8.78. The molecule has 0 unspecified atom stereocenters. The fraction of sp³-hybridized carbons (Fsp3) is 1.00. The summed E-state index contributed by atoms with van der Waals surface area (Å²) in [6.07, 6.45) is 0. The van der Waals surface area contributed by atoms with E-state index in [4.69, 9.17) is 0 Å². The van der Waals surface area contributed by atoms with Gasteiger partial charge in [0.2, 0.25) is 0 Å². The van der Waals surface area contributed by atoms with Gasteiger partial charge < -0.3 is 0 Å². The van der Waals surface area contributed by atoms with Crippen LogP contribution in [-0.4, -0.2) is 17.4 Å². The van der Waals surface area contributed by atoms with Crippen LogP contribution in [0.4, 0.5) is 0 Å². The lowest BCUT2D eigenvalue weighted by Crippen LogP contribution is -2.47. The molecule has 0 atom stereocenters. The Morgan fingerprint density at radius 3 is 2.62 bits per heavy atom. The van der Waals surface area contributed by atoms with E-state index >= 15 is 0 Å². The Balaban J connectivity index is 3.32. The van der Waals surface area contributed by atoms with Crippen LogP contribution >= 0.6 is 0 Å². The van der Waals surface area contributed by atoms with E-state index in [-0.39, 0.29) is 5.23 Å². The number of hydrazine groups is 3. The Bertz CT molecular complexity index is 83.4. The maximum atomic E-state index is 9.55. The molecule has 7 nitrogen and oxygen atoms in total. The third kappa shape index (κ3) is 2.29. The molecule has 0 bridgehead atoms. The van der Waals surface area contributed by atoms with Gasteiger partial charge in [0.15, 0.2) is 5.03 Å². The van der Waals surface area contributed by atoms with Gasteiger partial charge in [0.1, 0.15) is 0 Å². The quantitative estimate of drug-likeness (QED) is 0.266. The van der Waals surface area contributed by atoms with Gasteiger partial charge in [-0.25, -0.2) is 10.1 Å². The van der Waals surface area contributed by atoms with E-state index in [2.05, 4.69) is 10.7 Å². The van der Waals surface area contributed by atoms with Gasteiger partial charge in [0.05, 0.1) is 7.11 Å². The van der Waals surface area contributed by atoms with Crippen molar-refractivity contribution in [1.29, 1.82) is 0 Å². The van der Waals surface area contributed by atoms with Crippen molar-refractivity contribution in [2.24, 2.45) is 5.84 Å². The lowest BCUT2D eigenvalue weighted by atomic mass is 11.7. The molecule has 0 saturated heterocycles. The molecule has 0 heterocycles. The summed E-state index contributed by atoms with van der Waals surface area (Å²) in [7, 11) is 1.21. The van der Waals surface area contributed by atoms with E-state index < -0.39 is 5.03 Å². The summed E-state index contributed by atoms with van der Waals surface area (Å²) < 4.78 is 0. The van der Waals surface area contributed by atoms with Crippen molar-refractivity contribution in [1.82, 2.24) is 10.8 Å². The summed E-state index contributed by atoms with van der Waals surface area (Å²) in [5.41, 5.74) is 1.76. The third-order valence-electron chi connectivity index (χ3n) is 0.361. The Kier molecular flexibility index (Phi) is 2.77.